The first-order valence-corrected chi connectivity index (χ1v) is 9.85. The van der Waals surface area contributed by atoms with Crippen LogP contribution in [0.25, 0.3) is 5.76 Å². The van der Waals surface area contributed by atoms with Crippen LogP contribution in [-0.2, 0) is 9.59 Å². The number of carbonyl (C=O) groups is 2. The lowest BCUT2D eigenvalue weighted by Gasteiger charge is -2.25. The third-order valence-electron chi connectivity index (χ3n) is 5.48. The summed E-state index contributed by atoms with van der Waals surface area (Å²) in [6.07, 6.45) is 3.22. The summed E-state index contributed by atoms with van der Waals surface area (Å²) in [5, 5.41) is 11.3. The first-order chi connectivity index (χ1) is 14.9. The molecule has 6 nitrogen and oxygen atoms in total. The third-order valence-corrected chi connectivity index (χ3v) is 5.48. The zero-order valence-electron chi connectivity index (χ0n) is 17.5. The van der Waals surface area contributed by atoms with Gasteiger partial charge in [-0.15, -0.1) is 0 Å². The number of amides is 1. The number of benzene rings is 2. The summed E-state index contributed by atoms with van der Waals surface area (Å²) in [4.78, 5) is 31.8. The van der Waals surface area contributed by atoms with E-state index in [0.29, 0.717) is 22.6 Å². The Morgan fingerprint density at radius 1 is 1.03 bits per heavy atom. The van der Waals surface area contributed by atoms with Crippen LogP contribution >= 0.6 is 0 Å². The number of anilines is 1. The number of ketones is 1. The Balaban J connectivity index is 1.96. The maximum atomic E-state index is 13.2. The highest BCUT2D eigenvalue weighted by Crippen LogP contribution is 2.42. The SMILES string of the molecule is COc1cc(C)c(/C(O)=C2\C(=O)C(=O)N(c3ccccc3)C2c2cccnc2)cc1C. The second kappa shape index (κ2) is 8.07. The number of methoxy groups -OCH3 is 1. The number of Topliss-reactive ketones (excluding diaryl/α,β-unsaturated/α-hetero) is 1. The van der Waals surface area contributed by atoms with Crippen molar-refractivity contribution in [1.29, 1.82) is 0 Å². The minimum Gasteiger partial charge on any atom is -0.507 e. The Hall–Kier alpha value is -3.93. The molecule has 1 aliphatic rings. The molecule has 1 fully saturated rings. The number of aliphatic hydroxyl groups is 1. The van der Waals surface area contributed by atoms with Gasteiger partial charge >= 0.3 is 0 Å². The molecular weight excluding hydrogens is 392 g/mol. The number of rotatable bonds is 4. The molecule has 0 aliphatic carbocycles. The van der Waals surface area contributed by atoms with E-state index in [2.05, 4.69) is 4.98 Å². The molecule has 4 rings (SSSR count). The normalized spacial score (nSPS) is 17.8. The second-order valence-electron chi connectivity index (χ2n) is 7.43. The van der Waals surface area contributed by atoms with Crippen LogP contribution in [0.4, 0.5) is 5.69 Å². The highest BCUT2D eigenvalue weighted by Gasteiger charge is 2.47. The molecule has 2 heterocycles. The van der Waals surface area contributed by atoms with Crippen LogP contribution in [0.3, 0.4) is 0 Å². The summed E-state index contributed by atoms with van der Waals surface area (Å²) in [6, 6.07) is 15.3. The molecule has 3 aromatic rings. The topological polar surface area (TPSA) is 79.7 Å². The van der Waals surface area contributed by atoms with Crippen LogP contribution in [0.5, 0.6) is 5.75 Å². The summed E-state index contributed by atoms with van der Waals surface area (Å²) in [5.74, 6) is -0.955. The second-order valence-corrected chi connectivity index (χ2v) is 7.43. The molecule has 0 bridgehead atoms. The predicted molar refractivity (Wildman–Crippen MR) is 118 cm³/mol. The van der Waals surface area contributed by atoms with Gasteiger partial charge < -0.3 is 9.84 Å². The molecule has 0 radical (unpaired) electrons. The Labute approximate surface area is 180 Å². The zero-order valence-corrected chi connectivity index (χ0v) is 17.5. The van der Waals surface area contributed by atoms with Gasteiger partial charge in [-0.05, 0) is 60.9 Å². The first kappa shape index (κ1) is 20.3. The van der Waals surface area contributed by atoms with E-state index >= 15 is 0 Å². The van der Waals surface area contributed by atoms with Gasteiger partial charge in [-0.2, -0.15) is 0 Å². The summed E-state index contributed by atoms with van der Waals surface area (Å²) >= 11 is 0. The lowest BCUT2D eigenvalue weighted by molar-refractivity contribution is -0.132. The van der Waals surface area contributed by atoms with Crippen LogP contribution in [0.15, 0.2) is 72.6 Å². The van der Waals surface area contributed by atoms with Crippen molar-refractivity contribution in [3.63, 3.8) is 0 Å². The zero-order chi connectivity index (χ0) is 22.1. The van der Waals surface area contributed by atoms with E-state index in [9.17, 15) is 14.7 Å². The number of aryl methyl sites for hydroxylation is 2. The Morgan fingerprint density at radius 2 is 1.77 bits per heavy atom. The Kier molecular flexibility index (Phi) is 5.29. The van der Waals surface area contributed by atoms with Crippen molar-refractivity contribution in [3.05, 3.63) is 94.8 Å². The van der Waals surface area contributed by atoms with Gasteiger partial charge in [0.1, 0.15) is 11.5 Å². The lowest BCUT2D eigenvalue weighted by atomic mass is 9.93. The average Bonchev–Trinajstić information content (AvgIpc) is 3.06. The predicted octanol–water partition coefficient (Wildman–Crippen LogP) is 4.33. The van der Waals surface area contributed by atoms with Crippen molar-refractivity contribution in [2.75, 3.05) is 12.0 Å². The molecule has 6 heteroatoms. The summed E-state index contributed by atoms with van der Waals surface area (Å²) in [7, 11) is 1.58. The summed E-state index contributed by atoms with van der Waals surface area (Å²) < 4.78 is 5.35. The quantitative estimate of drug-likeness (QED) is 0.390. The Morgan fingerprint density at radius 3 is 2.42 bits per heavy atom. The van der Waals surface area contributed by atoms with Gasteiger partial charge in [0.25, 0.3) is 11.7 Å². The van der Waals surface area contributed by atoms with Gasteiger partial charge in [0.2, 0.25) is 0 Å². The number of para-hydroxylation sites is 1. The molecule has 1 N–H and O–H groups in total. The smallest absolute Gasteiger partial charge is 0.300 e. The monoisotopic (exact) mass is 414 g/mol. The largest absolute Gasteiger partial charge is 0.507 e. The van der Waals surface area contributed by atoms with Crippen molar-refractivity contribution < 1.29 is 19.4 Å². The lowest BCUT2D eigenvalue weighted by Crippen LogP contribution is -2.29. The fourth-order valence-corrected chi connectivity index (χ4v) is 3.95. The molecule has 1 saturated heterocycles. The fraction of sp³-hybridized carbons (Fsp3) is 0.160. The number of nitrogens with zero attached hydrogens (tertiary/aromatic N) is 2. The summed E-state index contributed by atoms with van der Waals surface area (Å²) in [6.45, 7) is 3.68. The molecule has 156 valence electrons. The molecule has 31 heavy (non-hydrogen) atoms. The molecule has 2 aromatic carbocycles. The van der Waals surface area contributed by atoms with Crippen molar-refractivity contribution in [2.45, 2.75) is 19.9 Å². The molecular formula is C25H22N2O4. The number of aromatic nitrogens is 1. The van der Waals surface area contributed by atoms with E-state index in [1.165, 1.54) is 4.90 Å². The number of hydrogen-bond donors (Lipinski definition) is 1. The van der Waals surface area contributed by atoms with Gasteiger partial charge in [0.15, 0.2) is 0 Å². The molecule has 1 amide bonds. The number of aliphatic hydroxyl groups excluding tert-OH is 1. The van der Waals surface area contributed by atoms with E-state index in [0.717, 1.165) is 11.1 Å². The van der Waals surface area contributed by atoms with Gasteiger partial charge in [-0.1, -0.05) is 24.3 Å². The first-order valence-electron chi connectivity index (χ1n) is 9.85. The van der Waals surface area contributed by atoms with Crippen LogP contribution < -0.4 is 9.64 Å². The maximum Gasteiger partial charge on any atom is 0.300 e. The van der Waals surface area contributed by atoms with E-state index in [1.54, 1.807) is 68.0 Å². The summed E-state index contributed by atoms with van der Waals surface area (Å²) in [5.41, 5.74) is 3.27. The van der Waals surface area contributed by atoms with Gasteiger partial charge in [0.05, 0.1) is 18.7 Å². The van der Waals surface area contributed by atoms with Crippen LogP contribution in [0, 0.1) is 13.8 Å². The van der Waals surface area contributed by atoms with Crippen molar-refractivity contribution in [1.82, 2.24) is 4.98 Å². The number of hydrogen-bond acceptors (Lipinski definition) is 5. The number of ether oxygens (including phenoxy) is 1. The molecule has 0 spiro atoms. The molecule has 1 aliphatic heterocycles. The highest BCUT2D eigenvalue weighted by molar-refractivity contribution is 6.51. The number of carbonyl (C=O) groups excluding carboxylic acids is 2. The van der Waals surface area contributed by atoms with E-state index in [4.69, 9.17) is 4.74 Å². The molecule has 0 saturated carbocycles. The number of pyridine rings is 1. The maximum absolute atomic E-state index is 13.2. The fourth-order valence-electron chi connectivity index (χ4n) is 3.95. The Bertz CT molecular complexity index is 1190. The van der Waals surface area contributed by atoms with Crippen LogP contribution in [0.2, 0.25) is 0 Å². The van der Waals surface area contributed by atoms with E-state index in [-0.39, 0.29) is 11.3 Å². The van der Waals surface area contributed by atoms with Crippen LogP contribution in [-0.4, -0.2) is 28.9 Å². The van der Waals surface area contributed by atoms with Crippen LogP contribution in [0.1, 0.15) is 28.3 Å². The average molecular weight is 414 g/mol. The standard InChI is InChI=1S/C25H22N2O4/c1-15-13-20(31-3)16(2)12-19(15)23(28)21-22(17-8-7-11-26-14-17)27(25(30)24(21)29)18-9-5-4-6-10-18/h4-14,22,28H,1-3H3/b23-21+. The molecule has 1 aromatic heterocycles. The van der Waals surface area contributed by atoms with Gasteiger partial charge in [-0.25, -0.2) is 0 Å². The van der Waals surface area contributed by atoms with Crippen molar-refractivity contribution in [3.8, 4) is 5.75 Å². The highest BCUT2D eigenvalue weighted by atomic mass is 16.5. The third kappa shape index (κ3) is 3.46. The molecule has 1 atom stereocenters. The van der Waals surface area contributed by atoms with Crippen molar-refractivity contribution >= 4 is 23.1 Å². The van der Waals surface area contributed by atoms with E-state index in [1.807, 2.05) is 19.9 Å². The van der Waals surface area contributed by atoms with Gasteiger partial charge in [0, 0.05) is 23.6 Å². The van der Waals surface area contributed by atoms with Crippen molar-refractivity contribution in [2.24, 2.45) is 0 Å². The molecule has 1 unspecified atom stereocenters. The minimum absolute atomic E-state index is 0.0366. The van der Waals surface area contributed by atoms with E-state index < -0.39 is 17.7 Å². The minimum atomic E-state index is -0.794. The van der Waals surface area contributed by atoms with Gasteiger partial charge in [-0.3, -0.25) is 19.5 Å².